The molecule has 1 aromatic heterocycles. The third kappa shape index (κ3) is 3.51. The van der Waals surface area contributed by atoms with Gasteiger partial charge in [0.15, 0.2) is 0 Å². The van der Waals surface area contributed by atoms with Crippen LogP contribution in [-0.2, 0) is 4.74 Å². The van der Waals surface area contributed by atoms with Crippen LogP contribution < -0.4 is 4.90 Å². The summed E-state index contributed by atoms with van der Waals surface area (Å²) in [7, 11) is 0. The van der Waals surface area contributed by atoms with Crippen molar-refractivity contribution in [1.29, 1.82) is 0 Å². The van der Waals surface area contributed by atoms with Crippen LogP contribution in [0.25, 0.3) is 0 Å². The van der Waals surface area contributed by atoms with Gasteiger partial charge in [-0.15, -0.1) is 10.2 Å². The van der Waals surface area contributed by atoms with E-state index in [-0.39, 0.29) is 12.1 Å². The molecule has 3 rings (SSSR count). The van der Waals surface area contributed by atoms with E-state index in [0.29, 0.717) is 12.5 Å². The first-order chi connectivity index (χ1) is 10.3. The second-order valence-electron chi connectivity index (χ2n) is 7.17. The second-order valence-corrected chi connectivity index (χ2v) is 8.15. The Balaban J connectivity index is 1.60. The quantitative estimate of drug-likeness (QED) is 0.837. The van der Waals surface area contributed by atoms with Gasteiger partial charge in [0.1, 0.15) is 10.6 Å². The molecular formula is C15H24N4O2S. The first kappa shape index (κ1) is 15.5. The lowest BCUT2D eigenvalue weighted by atomic mass is 10.2. The average molecular weight is 324 g/mol. The summed E-state index contributed by atoms with van der Waals surface area (Å²) in [6, 6.07) is 0.108. The molecule has 22 heavy (non-hydrogen) atoms. The smallest absolute Gasteiger partial charge is 0.410 e. The largest absolute Gasteiger partial charge is 0.444 e. The fraction of sp³-hybridized carbons (Fsp3) is 0.800. The second kappa shape index (κ2) is 5.68. The molecule has 122 valence electrons. The van der Waals surface area contributed by atoms with Crippen molar-refractivity contribution in [1.82, 2.24) is 15.1 Å². The number of carbonyl (C=O) groups is 1. The zero-order chi connectivity index (χ0) is 15.9. The van der Waals surface area contributed by atoms with E-state index < -0.39 is 5.60 Å². The monoisotopic (exact) mass is 324 g/mol. The Labute approximate surface area is 135 Å². The number of amides is 1. The normalized spacial score (nSPS) is 22.8. The summed E-state index contributed by atoms with van der Waals surface area (Å²) in [6.45, 7) is 9.96. The lowest BCUT2D eigenvalue weighted by Gasteiger charge is -2.39. The molecule has 2 heterocycles. The Morgan fingerprint density at radius 3 is 2.59 bits per heavy atom. The van der Waals surface area contributed by atoms with E-state index in [2.05, 4.69) is 22.0 Å². The van der Waals surface area contributed by atoms with Gasteiger partial charge in [0.2, 0.25) is 5.13 Å². The minimum absolute atomic E-state index is 0.108. The standard InChI is InChI=1S/C15H24N4O2S/c1-10-9-18(13-17-16-12(22-13)11-5-6-11)7-8-19(10)14(20)21-15(2,3)4/h10-11H,5-9H2,1-4H3/t10-/m1/s1. The van der Waals surface area contributed by atoms with Crippen LogP contribution in [0.2, 0.25) is 0 Å². The van der Waals surface area contributed by atoms with Crippen molar-refractivity contribution >= 4 is 22.6 Å². The highest BCUT2D eigenvalue weighted by Gasteiger charge is 2.33. The highest BCUT2D eigenvalue weighted by molar-refractivity contribution is 7.15. The minimum Gasteiger partial charge on any atom is -0.444 e. The molecule has 0 unspecified atom stereocenters. The molecule has 2 fully saturated rings. The molecule has 1 aromatic rings. The number of anilines is 1. The number of hydrogen-bond acceptors (Lipinski definition) is 6. The van der Waals surface area contributed by atoms with E-state index in [9.17, 15) is 4.79 Å². The van der Waals surface area contributed by atoms with Gasteiger partial charge in [0.25, 0.3) is 0 Å². The topological polar surface area (TPSA) is 58.6 Å². The summed E-state index contributed by atoms with van der Waals surface area (Å²) in [5.41, 5.74) is -0.452. The van der Waals surface area contributed by atoms with Crippen LogP contribution >= 0.6 is 11.3 Å². The Bertz CT molecular complexity index is 550. The summed E-state index contributed by atoms with van der Waals surface area (Å²) in [6.07, 6.45) is 2.27. The predicted molar refractivity (Wildman–Crippen MR) is 86.5 cm³/mol. The molecule has 6 nitrogen and oxygen atoms in total. The SMILES string of the molecule is C[C@@H]1CN(c2nnc(C3CC3)s2)CCN1C(=O)OC(C)(C)C. The zero-order valence-electron chi connectivity index (χ0n) is 13.7. The molecular weight excluding hydrogens is 300 g/mol. The first-order valence-corrected chi connectivity index (χ1v) is 8.73. The molecule has 0 aromatic carbocycles. The number of rotatable bonds is 2. The van der Waals surface area contributed by atoms with Gasteiger partial charge in [-0.05, 0) is 40.5 Å². The Morgan fingerprint density at radius 1 is 1.27 bits per heavy atom. The number of piperazine rings is 1. The van der Waals surface area contributed by atoms with Crippen LogP contribution in [0.3, 0.4) is 0 Å². The van der Waals surface area contributed by atoms with Crippen molar-refractivity contribution in [2.24, 2.45) is 0 Å². The van der Waals surface area contributed by atoms with Crippen molar-refractivity contribution in [3.8, 4) is 0 Å². The lowest BCUT2D eigenvalue weighted by Crippen LogP contribution is -2.55. The minimum atomic E-state index is -0.452. The van der Waals surface area contributed by atoms with Gasteiger partial charge in [-0.1, -0.05) is 11.3 Å². The molecule has 1 saturated carbocycles. The molecule has 2 aliphatic rings. The highest BCUT2D eigenvalue weighted by Crippen LogP contribution is 2.42. The van der Waals surface area contributed by atoms with E-state index in [1.807, 2.05) is 25.7 Å². The van der Waals surface area contributed by atoms with Gasteiger partial charge in [-0.2, -0.15) is 0 Å². The van der Waals surface area contributed by atoms with Gasteiger partial charge in [0.05, 0.1) is 0 Å². The van der Waals surface area contributed by atoms with Crippen LogP contribution in [0.15, 0.2) is 0 Å². The van der Waals surface area contributed by atoms with Crippen molar-refractivity contribution in [2.75, 3.05) is 24.5 Å². The van der Waals surface area contributed by atoms with E-state index in [1.54, 1.807) is 11.3 Å². The summed E-state index contributed by atoms with van der Waals surface area (Å²) in [4.78, 5) is 16.3. The summed E-state index contributed by atoms with van der Waals surface area (Å²) in [5, 5.41) is 10.8. The van der Waals surface area contributed by atoms with Gasteiger partial charge in [0, 0.05) is 31.6 Å². The van der Waals surface area contributed by atoms with E-state index in [0.717, 1.165) is 23.2 Å². The van der Waals surface area contributed by atoms with E-state index >= 15 is 0 Å². The predicted octanol–water partition coefficient (Wildman–Crippen LogP) is 2.86. The van der Waals surface area contributed by atoms with Crippen LogP contribution in [-0.4, -0.2) is 52.5 Å². The number of ether oxygens (including phenoxy) is 1. The van der Waals surface area contributed by atoms with Crippen molar-refractivity contribution in [3.05, 3.63) is 5.01 Å². The maximum absolute atomic E-state index is 12.2. The van der Waals surface area contributed by atoms with Crippen molar-refractivity contribution in [2.45, 2.75) is 58.1 Å². The van der Waals surface area contributed by atoms with Crippen LogP contribution in [0.4, 0.5) is 9.93 Å². The number of nitrogens with zero attached hydrogens (tertiary/aromatic N) is 4. The number of carbonyl (C=O) groups excluding carboxylic acids is 1. The zero-order valence-corrected chi connectivity index (χ0v) is 14.5. The van der Waals surface area contributed by atoms with Crippen LogP contribution in [0, 0.1) is 0 Å². The summed E-state index contributed by atoms with van der Waals surface area (Å²) >= 11 is 1.70. The Kier molecular flexibility index (Phi) is 4.01. The van der Waals surface area contributed by atoms with Gasteiger partial charge in [-0.25, -0.2) is 4.79 Å². The molecule has 1 amide bonds. The maximum atomic E-state index is 12.2. The molecule has 0 spiro atoms. The molecule has 1 aliphatic heterocycles. The van der Waals surface area contributed by atoms with E-state index in [1.165, 1.54) is 12.8 Å². The van der Waals surface area contributed by atoms with Gasteiger partial charge >= 0.3 is 6.09 Å². The van der Waals surface area contributed by atoms with Crippen molar-refractivity contribution < 1.29 is 9.53 Å². The van der Waals surface area contributed by atoms with E-state index in [4.69, 9.17) is 4.74 Å². The average Bonchev–Trinajstić information content (AvgIpc) is 3.14. The maximum Gasteiger partial charge on any atom is 0.410 e. The fourth-order valence-electron chi connectivity index (χ4n) is 2.57. The van der Waals surface area contributed by atoms with Gasteiger partial charge < -0.3 is 14.5 Å². The third-order valence-corrected chi connectivity index (χ3v) is 5.03. The molecule has 7 heteroatoms. The van der Waals surface area contributed by atoms with Crippen LogP contribution in [0.1, 0.15) is 51.5 Å². The van der Waals surface area contributed by atoms with Crippen LogP contribution in [0.5, 0.6) is 0 Å². The number of hydrogen-bond donors (Lipinski definition) is 0. The Morgan fingerprint density at radius 2 is 2.00 bits per heavy atom. The first-order valence-electron chi connectivity index (χ1n) is 7.91. The molecule has 1 atom stereocenters. The third-order valence-electron chi connectivity index (χ3n) is 3.88. The number of aromatic nitrogens is 2. The fourth-order valence-corrected chi connectivity index (χ4v) is 3.62. The molecule has 0 bridgehead atoms. The van der Waals surface area contributed by atoms with Gasteiger partial charge in [-0.3, -0.25) is 0 Å². The molecule has 1 saturated heterocycles. The van der Waals surface area contributed by atoms with Crippen molar-refractivity contribution in [3.63, 3.8) is 0 Å². The lowest BCUT2D eigenvalue weighted by molar-refractivity contribution is 0.0159. The highest BCUT2D eigenvalue weighted by atomic mass is 32.1. The summed E-state index contributed by atoms with van der Waals surface area (Å²) in [5.74, 6) is 0.645. The molecule has 1 aliphatic carbocycles. The Hall–Kier alpha value is -1.37. The molecule has 0 N–H and O–H groups in total. The summed E-state index contributed by atoms with van der Waals surface area (Å²) < 4.78 is 5.48. The molecule has 0 radical (unpaired) electrons.